The Balaban J connectivity index is 2.47. The van der Waals surface area contributed by atoms with Gasteiger partial charge in [-0.15, -0.1) is 0 Å². The van der Waals surface area contributed by atoms with Crippen molar-refractivity contribution in [3.8, 4) is 0 Å². The standard InChI is InChI=1S/C13H28O4Si/c1-14-9-11-16-18(3,17-12-10-15-2)13-7-5-4-6-8-13/h13H,4-12H2,1-3H3. The van der Waals surface area contributed by atoms with Crippen LogP contribution in [-0.2, 0) is 18.3 Å². The quantitative estimate of drug-likeness (QED) is 0.479. The minimum absolute atomic E-state index is 0.625. The largest absolute Gasteiger partial charge is 0.392 e. The molecular weight excluding hydrogens is 248 g/mol. The van der Waals surface area contributed by atoms with Crippen molar-refractivity contribution in [2.75, 3.05) is 40.6 Å². The Morgan fingerprint density at radius 2 is 1.33 bits per heavy atom. The molecule has 5 heteroatoms. The lowest BCUT2D eigenvalue weighted by Gasteiger charge is -2.36. The molecule has 1 rings (SSSR count). The number of hydrogen-bond acceptors (Lipinski definition) is 4. The summed E-state index contributed by atoms with van der Waals surface area (Å²) in [4.78, 5) is 0. The van der Waals surface area contributed by atoms with E-state index in [2.05, 4.69) is 6.55 Å². The van der Waals surface area contributed by atoms with Crippen LogP contribution in [0.25, 0.3) is 0 Å². The van der Waals surface area contributed by atoms with Crippen LogP contribution < -0.4 is 0 Å². The number of ether oxygens (including phenoxy) is 2. The zero-order valence-corrected chi connectivity index (χ0v) is 13.1. The first-order valence-electron chi connectivity index (χ1n) is 6.98. The summed E-state index contributed by atoms with van der Waals surface area (Å²) in [5.41, 5.74) is 0.625. The lowest BCUT2D eigenvalue weighted by atomic mass is 10.0. The molecule has 0 radical (unpaired) electrons. The van der Waals surface area contributed by atoms with Crippen LogP contribution in [-0.4, -0.2) is 49.2 Å². The molecule has 1 aliphatic carbocycles. The molecule has 108 valence electrons. The molecule has 1 aliphatic rings. The normalized spacial score (nSPS) is 18.2. The third-order valence-electron chi connectivity index (χ3n) is 3.70. The third kappa shape index (κ3) is 5.36. The lowest BCUT2D eigenvalue weighted by molar-refractivity contribution is 0.0817. The minimum atomic E-state index is -2.08. The second-order valence-corrected chi connectivity index (χ2v) is 8.46. The predicted molar refractivity (Wildman–Crippen MR) is 74.1 cm³/mol. The van der Waals surface area contributed by atoms with Gasteiger partial charge in [-0.25, -0.2) is 0 Å². The van der Waals surface area contributed by atoms with Crippen LogP contribution >= 0.6 is 0 Å². The molecule has 1 fully saturated rings. The molecular formula is C13H28O4Si. The van der Waals surface area contributed by atoms with Crippen molar-refractivity contribution in [1.29, 1.82) is 0 Å². The fourth-order valence-corrected chi connectivity index (χ4v) is 5.55. The van der Waals surface area contributed by atoms with Crippen molar-refractivity contribution >= 4 is 8.56 Å². The Morgan fingerprint density at radius 3 is 1.78 bits per heavy atom. The molecule has 18 heavy (non-hydrogen) atoms. The van der Waals surface area contributed by atoms with E-state index in [-0.39, 0.29) is 0 Å². The van der Waals surface area contributed by atoms with Gasteiger partial charge in [0.15, 0.2) is 0 Å². The van der Waals surface area contributed by atoms with Gasteiger partial charge in [0.2, 0.25) is 0 Å². The van der Waals surface area contributed by atoms with Crippen molar-refractivity contribution in [3.05, 3.63) is 0 Å². The van der Waals surface area contributed by atoms with E-state index in [9.17, 15) is 0 Å². The number of hydrogen-bond donors (Lipinski definition) is 0. The first-order chi connectivity index (χ1) is 8.73. The Labute approximate surface area is 112 Å². The van der Waals surface area contributed by atoms with Gasteiger partial charge in [0, 0.05) is 19.8 Å². The van der Waals surface area contributed by atoms with Crippen LogP contribution in [0.4, 0.5) is 0 Å². The summed E-state index contributed by atoms with van der Waals surface area (Å²) in [6, 6.07) is 0. The molecule has 0 unspecified atom stereocenters. The first kappa shape index (κ1) is 16.1. The van der Waals surface area contributed by atoms with Gasteiger partial charge >= 0.3 is 8.56 Å². The molecule has 0 spiro atoms. The molecule has 0 N–H and O–H groups in total. The summed E-state index contributed by atoms with van der Waals surface area (Å²) in [5, 5.41) is 0. The number of methoxy groups -OCH3 is 2. The van der Waals surface area contributed by atoms with E-state index in [1.165, 1.54) is 32.1 Å². The van der Waals surface area contributed by atoms with Gasteiger partial charge in [0.1, 0.15) is 0 Å². The SMILES string of the molecule is COCCO[Si](C)(OCCOC)C1CCCCC1. The Morgan fingerprint density at radius 1 is 0.833 bits per heavy atom. The van der Waals surface area contributed by atoms with Crippen LogP contribution in [0.5, 0.6) is 0 Å². The summed E-state index contributed by atoms with van der Waals surface area (Å²) >= 11 is 0. The maximum atomic E-state index is 6.09. The van der Waals surface area contributed by atoms with E-state index < -0.39 is 8.56 Å². The smallest absolute Gasteiger partial charge is 0.338 e. The molecule has 0 aromatic rings. The van der Waals surface area contributed by atoms with Crippen molar-refractivity contribution in [2.45, 2.75) is 44.2 Å². The summed E-state index contributed by atoms with van der Waals surface area (Å²) in [6.45, 7) is 4.77. The third-order valence-corrected chi connectivity index (χ3v) is 7.31. The molecule has 0 atom stereocenters. The highest BCUT2D eigenvalue weighted by molar-refractivity contribution is 6.67. The van der Waals surface area contributed by atoms with E-state index in [4.69, 9.17) is 18.3 Å². The zero-order chi connectivity index (χ0) is 13.3. The van der Waals surface area contributed by atoms with E-state index >= 15 is 0 Å². The van der Waals surface area contributed by atoms with E-state index in [1.54, 1.807) is 14.2 Å². The van der Waals surface area contributed by atoms with Gasteiger partial charge in [-0.3, -0.25) is 0 Å². The molecule has 4 nitrogen and oxygen atoms in total. The van der Waals surface area contributed by atoms with E-state index in [1.807, 2.05) is 0 Å². The Kier molecular flexibility index (Phi) is 8.09. The van der Waals surface area contributed by atoms with Crippen molar-refractivity contribution < 1.29 is 18.3 Å². The fourth-order valence-electron chi connectivity index (χ4n) is 2.56. The average molecular weight is 276 g/mol. The van der Waals surface area contributed by atoms with Gasteiger partial charge < -0.3 is 18.3 Å². The summed E-state index contributed by atoms with van der Waals surface area (Å²) < 4.78 is 22.3. The molecule has 0 amide bonds. The van der Waals surface area contributed by atoms with Gasteiger partial charge in [0.25, 0.3) is 0 Å². The van der Waals surface area contributed by atoms with Gasteiger partial charge in [0.05, 0.1) is 26.4 Å². The topological polar surface area (TPSA) is 36.9 Å². The van der Waals surface area contributed by atoms with Crippen LogP contribution in [0.2, 0.25) is 12.1 Å². The maximum absolute atomic E-state index is 6.09. The molecule has 0 aromatic heterocycles. The zero-order valence-electron chi connectivity index (χ0n) is 12.1. The monoisotopic (exact) mass is 276 g/mol. The molecule has 0 aliphatic heterocycles. The van der Waals surface area contributed by atoms with Crippen molar-refractivity contribution in [2.24, 2.45) is 0 Å². The molecule has 0 bridgehead atoms. The Bertz CT molecular complexity index is 197. The van der Waals surface area contributed by atoms with Crippen LogP contribution in [0.15, 0.2) is 0 Å². The highest BCUT2D eigenvalue weighted by Crippen LogP contribution is 2.38. The molecule has 1 saturated carbocycles. The highest BCUT2D eigenvalue weighted by Gasteiger charge is 2.41. The summed E-state index contributed by atoms with van der Waals surface area (Å²) in [5.74, 6) is 0. The average Bonchev–Trinajstić information content (AvgIpc) is 2.40. The minimum Gasteiger partial charge on any atom is -0.392 e. The Hall–Kier alpha value is 0.0569. The predicted octanol–water partition coefficient (Wildman–Crippen LogP) is 2.72. The fraction of sp³-hybridized carbons (Fsp3) is 1.00. The summed E-state index contributed by atoms with van der Waals surface area (Å²) in [7, 11) is 1.32. The summed E-state index contributed by atoms with van der Waals surface area (Å²) in [6.07, 6.45) is 6.49. The second-order valence-electron chi connectivity index (χ2n) is 5.03. The van der Waals surface area contributed by atoms with Crippen molar-refractivity contribution in [1.82, 2.24) is 0 Å². The van der Waals surface area contributed by atoms with Gasteiger partial charge in [-0.05, 0) is 19.4 Å². The maximum Gasteiger partial charge on any atom is 0.338 e. The van der Waals surface area contributed by atoms with Crippen molar-refractivity contribution in [3.63, 3.8) is 0 Å². The van der Waals surface area contributed by atoms with E-state index in [0.717, 1.165) is 0 Å². The van der Waals surface area contributed by atoms with Crippen LogP contribution in [0.3, 0.4) is 0 Å². The molecule has 0 heterocycles. The van der Waals surface area contributed by atoms with Gasteiger partial charge in [-0.2, -0.15) is 0 Å². The molecule has 0 aromatic carbocycles. The number of rotatable bonds is 9. The van der Waals surface area contributed by atoms with Crippen LogP contribution in [0.1, 0.15) is 32.1 Å². The second kappa shape index (κ2) is 9.04. The van der Waals surface area contributed by atoms with E-state index in [0.29, 0.717) is 32.0 Å². The molecule has 0 saturated heterocycles. The van der Waals surface area contributed by atoms with Gasteiger partial charge in [-0.1, -0.05) is 19.3 Å². The first-order valence-corrected chi connectivity index (χ1v) is 9.38. The highest BCUT2D eigenvalue weighted by atomic mass is 28.4. The van der Waals surface area contributed by atoms with Crippen LogP contribution in [0, 0.1) is 0 Å². The lowest BCUT2D eigenvalue weighted by Crippen LogP contribution is -2.46.